The zero-order chi connectivity index (χ0) is 17.4. The molecule has 24 heavy (non-hydrogen) atoms. The summed E-state index contributed by atoms with van der Waals surface area (Å²) in [6.45, 7) is 4.08. The highest BCUT2D eigenvalue weighted by Crippen LogP contribution is 2.27. The van der Waals surface area contributed by atoms with Crippen molar-refractivity contribution < 1.29 is 9.59 Å². The lowest BCUT2D eigenvalue weighted by molar-refractivity contribution is -0.128. The predicted octanol–water partition coefficient (Wildman–Crippen LogP) is 2.38. The monoisotopic (exact) mass is 326 g/mol. The van der Waals surface area contributed by atoms with Crippen LogP contribution in [0, 0.1) is 5.92 Å². The number of nitrogens with zero attached hydrogens (tertiary/aromatic N) is 3. The van der Waals surface area contributed by atoms with E-state index in [1.165, 1.54) is 4.90 Å². The molecule has 3 amide bonds. The lowest BCUT2D eigenvalue weighted by Gasteiger charge is -2.19. The van der Waals surface area contributed by atoms with Crippen LogP contribution in [0.4, 0.5) is 10.6 Å². The van der Waals surface area contributed by atoms with Crippen molar-refractivity contribution in [3.8, 4) is 0 Å². The van der Waals surface area contributed by atoms with Crippen LogP contribution in [0.3, 0.4) is 0 Å². The summed E-state index contributed by atoms with van der Waals surface area (Å²) < 4.78 is 0. The number of hydrogen-bond donors (Lipinski definition) is 1. The van der Waals surface area contributed by atoms with Gasteiger partial charge in [-0.15, -0.1) is 0 Å². The zero-order valence-corrected chi connectivity index (χ0v) is 14.4. The first-order valence-electron chi connectivity index (χ1n) is 8.06. The normalized spacial score (nSPS) is 17.7. The Labute approximate surface area is 141 Å². The third-order valence-electron chi connectivity index (χ3n) is 4.33. The van der Waals surface area contributed by atoms with E-state index in [9.17, 15) is 9.59 Å². The number of imide groups is 1. The molecule has 6 heteroatoms. The Kier molecular flexibility index (Phi) is 4.13. The van der Waals surface area contributed by atoms with Crippen molar-refractivity contribution in [3.63, 3.8) is 0 Å². The van der Waals surface area contributed by atoms with E-state index in [0.717, 1.165) is 22.2 Å². The standard InChI is InChI=1S/C18H22N4O2/c1-11(2)15-17(23)22(18(24)20-15)10-12-9-19-16(21(3)4)14-8-6-5-7-13(12)14/h5-9,11,15H,10H2,1-4H3,(H,20,24). The summed E-state index contributed by atoms with van der Waals surface area (Å²) in [5.74, 6) is 0.764. The second kappa shape index (κ2) is 6.11. The lowest BCUT2D eigenvalue weighted by atomic mass is 10.0. The van der Waals surface area contributed by atoms with E-state index in [1.807, 2.05) is 57.1 Å². The Morgan fingerprint density at radius 1 is 1.21 bits per heavy atom. The smallest absolute Gasteiger partial charge is 0.325 e. The van der Waals surface area contributed by atoms with Crippen LogP contribution in [0.25, 0.3) is 10.8 Å². The maximum absolute atomic E-state index is 12.5. The van der Waals surface area contributed by atoms with E-state index >= 15 is 0 Å². The number of rotatable bonds is 4. The zero-order valence-electron chi connectivity index (χ0n) is 14.4. The molecule has 1 aliphatic rings. The quantitative estimate of drug-likeness (QED) is 0.876. The van der Waals surface area contributed by atoms with Crippen molar-refractivity contribution in [2.24, 2.45) is 5.92 Å². The SMILES string of the molecule is CC(C)C1NC(=O)N(Cc2cnc(N(C)C)c3ccccc23)C1=O. The Morgan fingerprint density at radius 3 is 2.46 bits per heavy atom. The van der Waals surface area contributed by atoms with Gasteiger partial charge in [-0.2, -0.15) is 0 Å². The van der Waals surface area contributed by atoms with Crippen LogP contribution in [0.2, 0.25) is 0 Å². The van der Waals surface area contributed by atoms with E-state index in [4.69, 9.17) is 0 Å². The van der Waals surface area contributed by atoms with Gasteiger partial charge in [0.15, 0.2) is 0 Å². The third-order valence-corrected chi connectivity index (χ3v) is 4.33. The number of nitrogens with one attached hydrogen (secondary N) is 1. The van der Waals surface area contributed by atoms with Crippen LogP contribution in [0.15, 0.2) is 30.5 Å². The lowest BCUT2D eigenvalue weighted by Crippen LogP contribution is -2.34. The number of benzene rings is 1. The summed E-state index contributed by atoms with van der Waals surface area (Å²) in [6.07, 6.45) is 1.75. The van der Waals surface area contributed by atoms with Crippen LogP contribution in [-0.4, -0.2) is 42.0 Å². The molecule has 6 nitrogen and oxygen atoms in total. The molecular weight excluding hydrogens is 304 g/mol. The molecule has 0 radical (unpaired) electrons. The first-order valence-corrected chi connectivity index (χ1v) is 8.06. The van der Waals surface area contributed by atoms with Gasteiger partial charge < -0.3 is 10.2 Å². The molecule has 1 atom stereocenters. The van der Waals surface area contributed by atoms with E-state index in [-0.39, 0.29) is 24.4 Å². The van der Waals surface area contributed by atoms with Crippen LogP contribution in [0.5, 0.6) is 0 Å². The first-order chi connectivity index (χ1) is 11.4. The number of anilines is 1. The molecule has 0 bridgehead atoms. The number of carbonyl (C=O) groups excluding carboxylic acids is 2. The molecule has 1 saturated heterocycles. The van der Waals surface area contributed by atoms with Gasteiger partial charge in [0.2, 0.25) is 0 Å². The van der Waals surface area contributed by atoms with Gasteiger partial charge in [0.05, 0.1) is 6.54 Å². The topological polar surface area (TPSA) is 65.5 Å². The number of carbonyl (C=O) groups is 2. The van der Waals surface area contributed by atoms with Gasteiger partial charge in [0.1, 0.15) is 11.9 Å². The molecule has 0 spiro atoms. The Balaban J connectivity index is 1.98. The molecular formula is C18H22N4O2. The average Bonchev–Trinajstić information content (AvgIpc) is 2.83. The number of amides is 3. The maximum atomic E-state index is 12.5. The van der Waals surface area contributed by atoms with E-state index in [0.29, 0.717) is 0 Å². The highest BCUT2D eigenvalue weighted by molar-refractivity contribution is 6.04. The molecule has 1 N–H and O–H groups in total. The van der Waals surface area contributed by atoms with E-state index < -0.39 is 6.04 Å². The number of urea groups is 1. The predicted molar refractivity (Wildman–Crippen MR) is 93.8 cm³/mol. The van der Waals surface area contributed by atoms with Gasteiger partial charge >= 0.3 is 6.03 Å². The van der Waals surface area contributed by atoms with Gasteiger partial charge in [-0.3, -0.25) is 9.69 Å². The van der Waals surface area contributed by atoms with Gasteiger partial charge in [-0.05, 0) is 16.9 Å². The molecule has 2 aromatic rings. The Hall–Kier alpha value is -2.63. The highest BCUT2D eigenvalue weighted by Gasteiger charge is 2.39. The number of fused-ring (bicyclic) bond motifs is 1. The minimum Gasteiger partial charge on any atom is -0.362 e. The van der Waals surface area contributed by atoms with Crippen molar-refractivity contribution >= 4 is 28.5 Å². The van der Waals surface area contributed by atoms with Gasteiger partial charge in [0, 0.05) is 25.7 Å². The molecule has 2 heterocycles. The van der Waals surface area contributed by atoms with Crippen molar-refractivity contribution in [3.05, 3.63) is 36.0 Å². The van der Waals surface area contributed by atoms with Crippen LogP contribution < -0.4 is 10.2 Å². The van der Waals surface area contributed by atoms with Gasteiger partial charge in [-0.25, -0.2) is 9.78 Å². The van der Waals surface area contributed by atoms with Gasteiger partial charge in [-0.1, -0.05) is 38.1 Å². The van der Waals surface area contributed by atoms with Crippen molar-refractivity contribution in [1.82, 2.24) is 15.2 Å². The van der Waals surface area contributed by atoms with Crippen molar-refractivity contribution in [2.45, 2.75) is 26.4 Å². The summed E-state index contributed by atoms with van der Waals surface area (Å²) in [5, 5.41) is 4.77. The summed E-state index contributed by atoms with van der Waals surface area (Å²) >= 11 is 0. The maximum Gasteiger partial charge on any atom is 0.325 e. The second-order valence-electron chi connectivity index (χ2n) is 6.64. The highest BCUT2D eigenvalue weighted by atomic mass is 16.2. The van der Waals surface area contributed by atoms with Crippen LogP contribution >= 0.6 is 0 Å². The molecule has 1 aliphatic heterocycles. The number of pyridine rings is 1. The number of hydrogen-bond acceptors (Lipinski definition) is 4. The Bertz CT molecular complexity index is 801. The first kappa shape index (κ1) is 16.2. The van der Waals surface area contributed by atoms with Crippen LogP contribution in [-0.2, 0) is 11.3 Å². The molecule has 1 unspecified atom stereocenters. The molecule has 1 fully saturated rings. The summed E-state index contributed by atoms with van der Waals surface area (Å²) in [6, 6.07) is 7.14. The summed E-state index contributed by atoms with van der Waals surface area (Å²) in [7, 11) is 3.89. The van der Waals surface area contributed by atoms with E-state index in [1.54, 1.807) is 6.20 Å². The molecule has 0 aliphatic carbocycles. The minimum atomic E-state index is -0.447. The minimum absolute atomic E-state index is 0.0671. The fourth-order valence-corrected chi connectivity index (χ4v) is 3.03. The largest absolute Gasteiger partial charge is 0.362 e. The third kappa shape index (κ3) is 2.68. The number of aromatic nitrogens is 1. The molecule has 1 aromatic carbocycles. The van der Waals surface area contributed by atoms with E-state index in [2.05, 4.69) is 10.3 Å². The summed E-state index contributed by atoms with van der Waals surface area (Å²) in [5.41, 5.74) is 0.865. The summed E-state index contributed by atoms with van der Waals surface area (Å²) in [4.78, 5) is 32.4. The molecule has 126 valence electrons. The van der Waals surface area contributed by atoms with Crippen molar-refractivity contribution in [2.75, 3.05) is 19.0 Å². The second-order valence-corrected chi connectivity index (χ2v) is 6.64. The van der Waals surface area contributed by atoms with Crippen molar-refractivity contribution in [1.29, 1.82) is 0 Å². The Morgan fingerprint density at radius 2 is 1.88 bits per heavy atom. The fraction of sp³-hybridized carbons (Fsp3) is 0.389. The fourth-order valence-electron chi connectivity index (χ4n) is 3.03. The average molecular weight is 326 g/mol. The molecule has 3 rings (SSSR count). The molecule has 1 aromatic heterocycles. The molecule has 0 saturated carbocycles. The van der Waals surface area contributed by atoms with Gasteiger partial charge in [0.25, 0.3) is 5.91 Å². The van der Waals surface area contributed by atoms with Crippen LogP contribution in [0.1, 0.15) is 19.4 Å².